The zero-order valence-corrected chi connectivity index (χ0v) is 14.9. The van der Waals surface area contributed by atoms with Crippen LogP contribution in [0, 0.1) is 10.8 Å². The van der Waals surface area contributed by atoms with Gasteiger partial charge in [-0.15, -0.1) is 0 Å². The molecule has 138 valence electrons. The van der Waals surface area contributed by atoms with E-state index in [1.54, 1.807) is 36.7 Å². The molecule has 0 saturated carbocycles. The molecule has 0 bridgehead atoms. The Kier molecular flexibility index (Phi) is 6.41. The Balaban J connectivity index is 1.61. The van der Waals surface area contributed by atoms with E-state index in [9.17, 15) is 0 Å². The number of aliphatic imine (C=N–C) groups is 2. The van der Waals surface area contributed by atoms with Gasteiger partial charge >= 0.3 is 0 Å². The predicted molar refractivity (Wildman–Crippen MR) is 113 cm³/mol. The van der Waals surface area contributed by atoms with E-state index in [-0.39, 0.29) is 0 Å². The van der Waals surface area contributed by atoms with Crippen LogP contribution in [-0.4, -0.2) is 25.2 Å². The summed E-state index contributed by atoms with van der Waals surface area (Å²) in [7, 11) is 0. The first-order valence-electron chi connectivity index (χ1n) is 8.46. The third kappa shape index (κ3) is 5.47. The van der Waals surface area contributed by atoms with E-state index in [1.165, 1.54) is 0 Å². The van der Waals surface area contributed by atoms with Gasteiger partial charge in [-0.2, -0.15) is 0 Å². The van der Waals surface area contributed by atoms with Crippen molar-refractivity contribution >= 4 is 36.6 Å². The number of nitrogens with zero attached hydrogens (tertiary/aromatic N) is 2. The highest BCUT2D eigenvalue weighted by atomic mass is 16.5. The minimum absolute atomic E-state index is 0.606. The summed E-state index contributed by atoms with van der Waals surface area (Å²) in [6.07, 6.45) is 5.36. The van der Waals surface area contributed by atoms with Gasteiger partial charge in [0.05, 0.1) is 11.4 Å². The van der Waals surface area contributed by atoms with Gasteiger partial charge in [-0.05, 0) is 59.7 Å². The van der Waals surface area contributed by atoms with E-state index < -0.39 is 0 Å². The molecular formula is C22H18N4O2. The lowest BCUT2D eigenvalue weighted by atomic mass is 10.1. The second-order valence-corrected chi connectivity index (χ2v) is 5.64. The van der Waals surface area contributed by atoms with Crippen LogP contribution in [-0.2, 0) is 0 Å². The highest BCUT2D eigenvalue weighted by Crippen LogP contribution is 2.19. The molecule has 3 rings (SSSR count). The van der Waals surface area contributed by atoms with E-state index in [4.69, 9.17) is 20.3 Å². The van der Waals surface area contributed by atoms with Crippen LogP contribution in [0.3, 0.4) is 0 Å². The van der Waals surface area contributed by atoms with Gasteiger partial charge in [0, 0.05) is 12.4 Å². The van der Waals surface area contributed by atoms with Crippen LogP contribution in [0.5, 0.6) is 11.5 Å². The summed E-state index contributed by atoms with van der Waals surface area (Å²) in [6.45, 7) is 0. The molecule has 0 aliphatic heterocycles. The maximum absolute atomic E-state index is 6.91. The quantitative estimate of drug-likeness (QED) is 0.423. The van der Waals surface area contributed by atoms with Crippen molar-refractivity contribution in [3.05, 3.63) is 83.9 Å². The van der Waals surface area contributed by atoms with Gasteiger partial charge in [-0.25, -0.2) is 0 Å². The highest BCUT2D eigenvalue weighted by Gasteiger charge is 1.95. The van der Waals surface area contributed by atoms with Crippen LogP contribution in [0.25, 0.3) is 0 Å². The topological polar surface area (TPSA) is 90.9 Å². The van der Waals surface area contributed by atoms with Crippen LogP contribution in [0.4, 0.5) is 11.4 Å². The van der Waals surface area contributed by atoms with Gasteiger partial charge in [-0.1, -0.05) is 24.3 Å². The van der Waals surface area contributed by atoms with E-state index in [0.29, 0.717) is 11.5 Å². The summed E-state index contributed by atoms with van der Waals surface area (Å²) in [4.78, 5) is 8.85. The molecule has 0 radical (unpaired) electrons. The summed E-state index contributed by atoms with van der Waals surface area (Å²) in [5, 5.41) is 13.8. The lowest BCUT2D eigenvalue weighted by Crippen LogP contribution is -1.87. The number of benzene rings is 3. The Morgan fingerprint density at radius 1 is 0.536 bits per heavy atom. The molecule has 28 heavy (non-hydrogen) atoms. The minimum atomic E-state index is 0.606. The van der Waals surface area contributed by atoms with Gasteiger partial charge in [0.25, 0.3) is 0 Å². The molecule has 0 unspecified atom stereocenters. The monoisotopic (exact) mass is 370 g/mol. The van der Waals surface area contributed by atoms with E-state index in [0.717, 1.165) is 35.3 Å². The second kappa shape index (κ2) is 9.59. The average molecular weight is 370 g/mol. The molecule has 6 nitrogen and oxygen atoms in total. The van der Waals surface area contributed by atoms with Crippen LogP contribution in [0.15, 0.2) is 82.8 Å². The molecule has 6 heteroatoms. The van der Waals surface area contributed by atoms with E-state index in [1.807, 2.05) is 48.5 Å². The zero-order chi connectivity index (χ0) is 19.6. The Morgan fingerprint density at radius 2 is 0.893 bits per heavy atom. The smallest absolute Gasteiger partial charge is 0.173 e. The van der Waals surface area contributed by atoms with Crippen LogP contribution >= 0.6 is 0 Å². The molecule has 0 fully saturated rings. The molecule has 3 aromatic rings. The Bertz CT molecular complexity index is 894. The van der Waals surface area contributed by atoms with Crippen molar-refractivity contribution < 1.29 is 9.47 Å². The molecule has 0 amide bonds. The minimum Gasteiger partial charge on any atom is -0.446 e. The maximum atomic E-state index is 6.91. The summed E-state index contributed by atoms with van der Waals surface area (Å²) in [6, 6.07) is 22.3. The third-order valence-electron chi connectivity index (χ3n) is 3.73. The van der Waals surface area contributed by atoms with Crippen molar-refractivity contribution in [3.63, 3.8) is 0 Å². The molecule has 2 N–H and O–H groups in total. The van der Waals surface area contributed by atoms with Gasteiger partial charge in [0.1, 0.15) is 11.5 Å². The van der Waals surface area contributed by atoms with Crippen LogP contribution < -0.4 is 9.47 Å². The molecule has 0 atom stereocenters. The fourth-order valence-electron chi connectivity index (χ4n) is 2.32. The normalized spacial score (nSPS) is 10.9. The number of hydrogen-bond donors (Lipinski definition) is 2. The molecule has 0 heterocycles. The summed E-state index contributed by atoms with van der Waals surface area (Å²) in [5.74, 6) is 1.21. The maximum Gasteiger partial charge on any atom is 0.173 e. The molecule has 0 aliphatic rings. The van der Waals surface area contributed by atoms with Crippen molar-refractivity contribution in [3.8, 4) is 11.5 Å². The van der Waals surface area contributed by atoms with Gasteiger partial charge in [0.15, 0.2) is 12.8 Å². The summed E-state index contributed by atoms with van der Waals surface area (Å²) < 4.78 is 9.94. The zero-order valence-electron chi connectivity index (χ0n) is 14.9. The van der Waals surface area contributed by atoms with Gasteiger partial charge in [0.2, 0.25) is 0 Å². The Labute approximate surface area is 162 Å². The lowest BCUT2D eigenvalue weighted by Gasteiger charge is -2.00. The molecule has 3 aromatic carbocycles. The second-order valence-electron chi connectivity index (χ2n) is 5.64. The van der Waals surface area contributed by atoms with Gasteiger partial charge < -0.3 is 9.47 Å². The number of ether oxygens (including phenoxy) is 2. The van der Waals surface area contributed by atoms with Crippen LogP contribution in [0.2, 0.25) is 0 Å². The predicted octanol–water partition coefficient (Wildman–Crippen LogP) is 5.16. The Hall–Kier alpha value is -4.06. The first kappa shape index (κ1) is 18.7. The van der Waals surface area contributed by atoms with Gasteiger partial charge in [-0.3, -0.25) is 20.8 Å². The SMILES string of the molecule is N=COc1ccc(N=Cc2ccc(C=Nc3ccc(OC=N)cc3)cc2)cc1. The largest absolute Gasteiger partial charge is 0.446 e. The summed E-state index contributed by atoms with van der Waals surface area (Å²) in [5.41, 5.74) is 3.56. The average Bonchev–Trinajstić information content (AvgIpc) is 2.74. The molecular weight excluding hydrogens is 352 g/mol. The van der Waals surface area contributed by atoms with Crippen molar-refractivity contribution in [2.75, 3.05) is 0 Å². The van der Waals surface area contributed by atoms with E-state index in [2.05, 4.69) is 9.98 Å². The standard InChI is InChI=1S/C22H18N4O2/c23-15-27-21-9-5-19(6-10-21)25-13-17-1-2-18(4-3-17)14-26-20-7-11-22(12-8-20)28-16-24/h1-16,23-24H. The van der Waals surface area contributed by atoms with Crippen molar-refractivity contribution in [2.45, 2.75) is 0 Å². The fraction of sp³-hybridized carbons (Fsp3) is 0. The van der Waals surface area contributed by atoms with Crippen molar-refractivity contribution in [1.29, 1.82) is 10.8 Å². The van der Waals surface area contributed by atoms with Crippen molar-refractivity contribution in [1.82, 2.24) is 0 Å². The molecule has 0 saturated heterocycles. The molecule has 0 aromatic heterocycles. The molecule has 0 spiro atoms. The van der Waals surface area contributed by atoms with Crippen molar-refractivity contribution in [2.24, 2.45) is 9.98 Å². The fourth-order valence-corrected chi connectivity index (χ4v) is 2.32. The van der Waals surface area contributed by atoms with E-state index >= 15 is 0 Å². The number of hydrogen-bond acceptors (Lipinski definition) is 6. The Morgan fingerprint density at radius 3 is 1.21 bits per heavy atom. The summed E-state index contributed by atoms with van der Waals surface area (Å²) >= 11 is 0. The first-order chi connectivity index (χ1) is 13.8. The highest BCUT2D eigenvalue weighted by molar-refractivity contribution is 5.86. The first-order valence-corrected chi connectivity index (χ1v) is 8.46. The lowest BCUT2D eigenvalue weighted by molar-refractivity contribution is 0.569. The van der Waals surface area contributed by atoms with Crippen LogP contribution in [0.1, 0.15) is 11.1 Å². The molecule has 0 aliphatic carbocycles. The number of rotatable bonds is 8. The number of nitrogens with one attached hydrogen (secondary N) is 2. The third-order valence-corrected chi connectivity index (χ3v) is 3.73.